The summed E-state index contributed by atoms with van der Waals surface area (Å²) in [7, 11) is 0. The van der Waals surface area contributed by atoms with E-state index in [4.69, 9.17) is 8.83 Å². The maximum absolute atomic E-state index is 12.4. The summed E-state index contributed by atoms with van der Waals surface area (Å²) in [5, 5.41) is 10.8. The van der Waals surface area contributed by atoms with Crippen molar-refractivity contribution in [3.63, 3.8) is 0 Å². The minimum atomic E-state index is -0.408. The number of nitrogens with zero attached hydrogens (tertiary/aromatic N) is 2. The molecule has 1 N–H and O–H groups in total. The molecular weight excluding hydrogens is 474 g/mol. The quantitative estimate of drug-likeness (QED) is 0.494. The van der Waals surface area contributed by atoms with Gasteiger partial charge in [-0.2, -0.15) is 0 Å². The molecule has 2 aromatic heterocycles. The zero-order valence-corrected chi connectivity index (χ0v) is 17.2. The van der Waals surface area contributed by atoms with Crippen LogP contribution in [0.25, 0.3) is 11.5 Å². The van der Waals surface area contributed by atoms with E-state index in [1.165, 1.54) is 11.8 Å². The number of thioether (sulfide) groups is 1. The van der Waals surface area contributed by atoms with Crippen LogP contribution in [0.5, 0.6) is 0 Å². The summed E-state index contributed by atoms with van der Waals surface area (Å²) in [5.74, 6) is 0.912. The number of aryl methyl sites for hydroxylation is 1. The van der Waals surface area contributed by atoms with Crippen molar-refractivity contribution in [2.24, 2.45) is 0 Å². The van der Waals surface area contributed by atoms with E-state index in [0.717, 1.165) is 14.5 Å². The van der Waals surface area contributed by atoms with E-state index < -0.39 is 5.25 Å². The summed E-state index contributed by atoms with van der Waals surface area (Å²) in [6, 6.07) is 7.30. The number of carbonyl (C=O) groups excluding carboxylic acids is 1. The fourth-order valence-electron chi connectivity index (χ4n) is 2.00. The van der Waals surface area contributed by atoms with Crippen LogP contribution in [0.2, 0.25) is 0 Å². The minimum absolute atomic E-state index is 0.160. The first-order valence-electron chi connectivity index (χ1n) is 7.24. The molecule has 9 heteroatoms. The van der Waals surface area contributed by atoms with Crippen molar-refractivity contribution in [1.29, 1.82) is 0 Å². The maximum Gasteiger partial charge on any atom is 0.277 e. The van der Waals surface area contributed by atoms with Gasteiger partial charge < -0.3 is 14.2 Å². The van der Waals surface area contributed by atoms with Gasteiger partial charge in [-0.25, -0.2) is 0 Å². The predicted molar refractivity (Wildman–Crippen MR) is 103 cm³/mol. The summed E-state index contributed by atoms with van der Waals surface area (Å²) >= 11 is 8.00. The molecule has 0 bridgehead atoms. The van der Waals surface area contributed by atoms with E-state index in [9.17, 15) is 4.79 Å². The van der Waals surface area contributed by atoms with Gasteiger partial charge in [0.1, 0.15) is 5.76 Å². The van der Waals surface area contributed by atoms with E-state index >= 15 is 0 Å². The lowest BCUT2D eigenvalue weighted by atomic mass is 10.3. The van der Waals surface area contributed by atoms with Crippen molar-refractivity contribution in [2.75, 3.05) is 5.32 Å². The average molecular weight is 487 g/mol. The predicted octanol–water partition coefficient (Wildman–Crippen LogP) is 5.28. The summed E-state index contributed by atoms with van der Waals surface area (Å²) < 4.78 is 12.5. The lowest BCUT2D eigenvalue weighted by molar-refractivity contribution is -0.115. The van der Waals surface area contributed by atoms with Crippen molar-refractivity contribution in [3.8, 4) is 11.5 Å². The Bertz CT molecular complexity index is 910. The van der Waals surface area contributed by atoms with Crippen LogP contribution >= 0.6 is 43.6 Å². The molecule has 3 rings (SSSR count). The number of furan rings is 1. The molecule has 1 amide bonds. The number of rotatable bonds is 5. The van der Waals surface area contributed by atoms with Crippen molar-refractivity contribution >= 4 is 55.2 Å². The highest BCUT2D eigenvalue weighted by Crippen LogP contribution is 2.30. The number of benzene rings is 1. The monoisotopic (exact) mass is 485 g/mol. The van der Waals surface area contributed by atoms with Crippen LogP contribution in [-0.4, -0.2) is 21.4 Å². The van der Waals surface area contributed by atoms with Crippen molar-refractivity contribution in [3.05, 3.63) is 45.2 Å². The second-order valence-electron chi connectivity index (χ2n) is 5.14. The third-order valence-electron chi connectivity index (χ3n) is 3.33. The van der Waals surface area contributed by atoms with Crippen molar-refractivity contribution in [1.82, 2.24) is 10.2 Å². The molecule has 6 nitrogen and oxygen atoms in total. The molecule has 0 fully saturated rings. The Labute approximate surface area is 165 Å². The number of aromatic nitrogens is 2. The van der Waals surface area contributed by atoms with Gasteiger partial charge in [-0.3, -0.25) is 4.79 Å². The molecule has 1 aromatic carbocycles. The molecule has 0 saturated heterocycles. The van der Waals surface area contributed by atoms with E-state index in [0.29, 0.717) is 22.6 Å². The maximum atomic E-state index is 12.4. The van der Waals surface area contributed by atoms with Crippen LogP contribution in [-0.2, 0) is 4.79 Å². The van der Waals surface area contributed by atoms with E-state index in [1.807, 2.05) is 25.1 Å². The van der Waals surface area contributed by atoms with Gasteiger partial charge in [0.15, 0.2) is 0 Å². The molecule has 1 atom stereocenters. The van der Waals surface area contributed by atoms with Crippen LogP contribution in [0.1, 0.15) is 12.7 Å². The van der Waals surface area contributed by atoms with Gasteiger partial charge in [0.05, 0.1) is 22.8 Å². The molecule has 0 aliphatic rings. The highest BCUT2D eigenvalue weighted by molar-refractivity contribution is 9.11. The normalized spacial score (nSPS) is 12.2. The Morgan fingerprint density at radius 3 is 2.76 bits per heavy atom. The largest absolute Gasteiger partial charge is 0.469 e. The van der Waals surface area contributed by atoms with Crippen LogP contribution in [0.4, 0.5) is 5.69 Å². The Kier molecular flexibility index (Phi) is 5.65. The number of halogens is 2. The molecule has 130 valence electrons. The Morgan fingerprint density at radius 2 is 2.08 bits per heavy atom. The molecule has 0 aliphatic heterocycles. The zero-order chi connectivity index (χ0) is 18.0. The minimum Gasteiger partial charge on any atom is -0.469 e. The van der Waals surface area contributed by atoms with Gasteiger partial charge in [-0.1, -0.05) is 27.7 Å². The third kappa shape index (κ3) is 4.34. The topological polar surface area (TPSA) is 81.2 Å². The number of nitrogens with one attached hydrogen (secondary N) is 1. The SMILES string of the molecule is Cc1occc1-c1nnc(SC(C)C(=O)Nc2ccc(Br)cc2Br)o1. The van der Waals surface area contributed by atoms with Gasteiger partial charge in [0.25, 0.3) is 11.1 Å². The molecule has 25 heavy (non-hydrogen) atoms. The Morgan fingerprint density at radius 1 is 1.28 bits per heavy atom. The summed E-state index contributed by atoms with van der Waals surface area (Å²) in [6.45, 7) is 3.60. The number of hydrogen-bond acceptors (Lipinski definition) is 6. The van der Waals surface area contributed by atoms with Gasteiger partial charge in [0, 0.05) is 8.95 Å². The highest BCUT2D eigenvalue weighted by atomic mass is 79.9. The second kappa shape index (κ2) is 7.76. The van der Waals surface area contributed by atoms with E-state index in [1.54, 1.807) is 19.3 Å². The molecule has 0 spiro atoms. The van der Waals surface area contributed by atoms with Gasteiger partial charge in [-0.15, -0.1) is 10.2 Å². The Hall–Kier alpha value is -1.58. The first-order valence-corrected chi connectivity index (χ1v) is 9.71. The number of amides is 1. The number of hydrogen-bond donors (Lipinski definition) is 1. The molecule has 0 aliphatic carbocycles. The van der Waals surface area contributed by atoms with Crippen molar-refractivity contribution in [2.45, 2.75) is 24.3 Å². The summed E-state index contributed by atoms with van der Waals surface area (Å²) in [6.07, 6.45) is 1.56. The molecule has 2 heterocycles. The second-order valence-corrected chi connectivity index (χ2v) is 8.20. The first kappa shape index (κ1) is 18.2. The standard InChI is InChI=1S/C16H13Br2N3O3S/c1-8-11(5-6-23-8)15-20-21-16(24-15)25-9(2)14(22)19-13-4-3-10(17)7-12(13)18/h3-7,9H,1-2H3,(H,19,22). The average Bonchev–Trinajstić information content (AvgIpc) is 3.18. The van der Waals surface area contributed by atoms with Gasteiger partial charge in [-0.05, 0) is 54.0 Å². The lowest BCUT2D eigenvalue weighted by Crippen LogP contribution is -2.22. The molecular formula is C16H13Br2N3O3S. The van der Waals surface area contributed by atoms with Crippen LogP contribution in [0, 0.1) is 6.92 Å². The fraction of sp³-hybridized carbons (Fsp3) is 0.188. The Balaban J connectivity index is 1.66. The molecule has 3 aromatic rings. The first-order chi connectivity index (χ1) is 11.9. The van der Waals surface area contributed by atoms with Crippen LogP contribution in [0.3, 0.4) is 0 Å². The smallest absolute Gasteiger partial charge is 0.277 e. The lowest BCUT2D eigenvalue weighted by Gasteiger charge is -2.11. The molecule has 0 saturated carbocycles. The van der Waals surface area contributed by atoms with Crippen LogP contribution in [0.15, 0.2) is 53.5 Å². The zero-order valence-electron chi connectivity index (χ0n) is 13.2. The summed E-state index contributed by atoms with van der Waals surface area (Å²) in [5.41, 5.74) is 1.44. The third-order valence-corrected chi connectivity index (χ3v) is 5.42. The number of anilines is 1. The van der Waals surface area contributed by atoms with E-state index in [2.05, 4.69) is 47.4 Å². The fourth-order valence-corrected chi connectivity index (χ4v) is 3.83. The van der Waals surface area contributed by atoms with Gasteiger partial charge >= 0.3 is 0 Å². The molecule has 0 radical (unpaired) electrons. The molecule has 1 unspecified atom stereocenters. The number of carbonyl (C=O) groups is 1. The van der Waals surface area contributed by atoms with Crippen molar-refractivity contribution < 1.29 is 13.6 Å². The van der Waals surface area contributed by atoms with Crippen LogP contribution < -0.4 is 5.32 Å². The van der Waals surface area contributed by atoms with E-state index in [-0.39, 0.29) is 5.91 Å². The van der Waals surface area contributed by atoms with Gasteiger partial charge in [0.2, 0.25) is 5.91 Å². The highest BCUT2D eigenvalue weighted by Gasteiger charge is 2.20. The summed E-state index contributed by atoms with van der Waals surface area (Å²) in [4.78, 5) is 12.4.